The highest BCUT2D eigenvalue weighted by Gasteiger charge is 2.33. The summed E-state index contributed by atoms with van der Waals surface area (Å²) >= 11 is 2.84. The molecule has 11 heteroatoms. The first kappa shape index (κ1) is 20.4. The number of halogens is 4. The number of nitrogen functional groups attached to an aromatic ring is 1. The maximum Gasteiger partial charge on any atom is 0.417 e. The highest BCUT2D eigenvalue weighted by Crippen LogP contribution is 2.36. The highest BCUT2D eigenvalue weighted by molar-refractivity contribution is 9.10. The number of aromatic nitrogens is 2. The number of carbonyl (C=O) groups excluding carboxylic acids is 1. The summed E-state index contributed by atoms with van der Waals surface area (Å²) in [6.07, 6.45) is -3.10. The summed E-state index contributed by atoms with van der Waals surface area (Å²) in [5.74, 6) is 0.663. The molecule has 29 heavy (non-hydrogen) atoms. The van der Waals surface area contributed by atoms with Crippen molar-refractivity contribution in [3.05, 3.63) is 64.8 Å². The fourth-order valence-corrected chi connectivity index (χ4v) is 2.70. The molecule has 3 aromatic rings. The van der Waals surface area contributed by atoms with E-state index in [4.69, 9.17) is 10.5 Å². The van der Waals surface area contributed by atoms with Gasteiger partial charge in [0.15, 0.2) is 0 Å². The van der Waals surface area contributed by atoms with Crippen molar-refractivity contribution in [2.24, 2.45) is 0 Å². The predicted molar refractivity (Wildman–Crippen MR) is 105 cm³/mol. The van der Waals surface area contributed by atoms with E-state index in [9.17, 15) is 18.0 Å². The van der Waals surface area contributed by atoms with Gasteiger partial charge in [-0.2, -0.15) is 18.2 Å². The third-order valence-corrected chi connectivity index (χ3v) is 4.20. The smallest absolute Gasteiger partial charge is 0.417 e. The molecule has 0 unspecified atom stereocenters. The molecule has 1 heterocycles. The van der Waals surface area contributed by atoms with Crippen molar-refractivity contribution in [3.8, 4) is 11.8 Å². The van der Waals surface area contributed by atoms with E-state index in [1.807, 2.05) is 0 Å². The Hall–Kier alpha value is -3.34. The molecule has 0 aliphatic heterocycles. The number of nitrogens with zero attached hydrogens (tertiary/aromatic N) is 2. The number of nitrogens with two attached hydrogens (primary N) is 1. The number of urea groups is 1. The molecule has 0 radical (unpaired) electrons. The number of hydrogen-bond acceptors (Lipinski definition) is 5. The van der Waals surface area contributed by atoms with Gasteiger partial charge < -0.3 is 21.1 Å². The Labute approximate surface area is 171 Å². The van der Waals surface area contributed by atoms with Crippen LogP contribution in [0.4, 0.5) is 35.2 Å². The van der Waals surface area contributed by atoms with Crippen LogP contribution in [0, 0.1) is 0 Å². The Morgan fingerprint density at radius 1 is 1.03 bits per heavy atom. The first-order chi connectivity index (χ1) is 13.7. The normalized spacial score (nSPS) is 11.0. The van der Waals surface area contributed by atoms with Crippen LogP contribution in [0.2, 0.25) is 0 Å². The van der Waals surface area contributed by atoms with Crippen LogP contribution in [0.15, 0.2) is 59.2 Å². The van der Waals surface area contributed by atoms with E-state index in [1.165, 1.54) is 24.4 Å². The Kier molecular flexibility index (Phi) is 5.87. The molecular formula is C18H13BrF3N5O2. The van der Waals surface area contributed by atoms with Crippen LogP contribution in [-0.2, 0) is 6.18 Å². The quantitative estimate of drug-likeness (QED) is 0.484. The molecule has 0 fully saturated rings. The van der Waals surface area contributed by atoms with Gasteiger partial charge in [0.1, 0.15) is 11.6 Å². The maximum absolute atomic E-state index is 12.9. The van der Waals surface area contributed by atoms with Gasteiger partial charge in [0.25, 0.3) is 0 Å². The zero-order chi connectivity index (χ0) is 21.0. The summed E-state index contributed by atoms with van der Waals surface area (Å²) in [4.78, 5) is 19.9. The summed E-state index contributed by atoms with van der Waals surface area (Å²) < 4.78 is 44.1. The minimum absolute atomic E-state index is 0.00297. The Morgan fingerprint density at radius 3 is 2.34 bits per heavy atom. The van der Waals surface area contributed by atoms with Crippen molar-refractivity contribution in [2.75, 3.05) is 16.4 Å². The molecule has 0 aliphatic rings. The summed E-state index contributed by atoms with van der Waals surface area (Å²) in [6, 6.07) is 10.5. The second kappa shape index (κ2) is 8.35. The monoisotopic (exact) mass is 467 g/mol. The molecule has 150 valence electrons. The minimum Gasteiger partial charge on any atom is -0.424 e. The molecule has 0 aliphatic carbocycles. The van der Waals surface area contributed by atoms with Gasteiger partial charge in [0, 0.05) is 22.0 Å². The van der Waals surface area contributed by atoms with Gasteiger partial charge in [-0.3, -0.25) is 0 Å². The lowest BCUT2D eigenvalue weighted by Gasteiger charge is -2.12. The molecule has 0 bridgehead atoms. The van der Waals surface area contributed by atoms with Crippen LogP contribution < -0.4 is 21.1 Å². The molecule has 2 amide bonds. The second-order valence-electron chi connectivity index (χ2n) is 5.66. The predicted octanol–water partition coefficient (Wildman–Crippen LogP) is 5.28. The van der Waals surface area contributed by atoms with E-state index < -0.39 is 17.8 Å². The molecular weight excluding hydrogens is 455 g/mol. The zero-order valence-corrected chi connectivity index (χ0v) is 16.1. The van der Waals surface area contributed by atoms with Gasteiger partial charge >= 0.3 is 18.2 Å². The lowest BCUT2D eigenvalue weighted by molar-refractivity contribution is -0.138. The fourth-order valence-electron chi connectivity index (χ4n) is 2.23. The van der Waals surface area contributed by atoms with Crippen molar-refractivity contribution >= 4 is 39.2 Å². The van der Waals surface area contributed by atoms with Crippen LogP contribution in [0.1, 0.15) is 5.56 Å². The van der Waals surface area contributed by atoms with E-state index >= 15 is 0 Å². The first-order valence-electron chi connectivity index (χ1n) is 8.02. The van der Waals surface area contributed by atoms with Crippen LogP contribution in [0.25, 0.3) is 0 Å². The average Bonchev–Trinajstić information content (AvgIpc) is 2.64. The number of ether oxygens (including phenoxy) is 1. The third kappa shape index (κ3) is 5.57. The van der Waals surface area contributed by atoms with Gasteiger partial charge in [-0.05, 0) is 48.5 Å². The number of amides is 2. The standard InChI is InChI=1S/C18H13BrF3N5O2/c19-14-6-3-11(9-13(14)18(20,21)22)26-16(28)25-10-1-4-12(5-2-10)29-17-24-8-7-15(23)27-17/h1-9H,(H2,23,24,27)(H2,25,26,28). The molecule has 3 rings (SSSR count). The van der Waals surface area contributed by atoms with Crippen LogP contribution in [0.5, 0.6) is 11.8 Å². The zero-order valence-electron chi connectivity index (χ0n) is 14.5. The number of anilines is 3. The van der Waals surface area contributed by atoms with Gasteiger partial charge in [0.05, 0.1) is 5.56 Å². The average molecular weight is 468 g/mol. The van der Waals surface area contributed by atoms with Gasteiger partial charge in [-0.25, -0.2) is 9.78 Å². The van der Waals surface area contributed by atoms with Crippen molar-refractivity contribution in [2.45, 2.75) is 6.18 Å². The third-order valence-electron chi connectivity index (χ3n) is 3.51. The summed E-state index contributed by atoms with van der Waals surface area (Å²) in [6.45, 7) is 0. The lowest BCUT2D eigenvalue weighted by Crippen LogP contribution is -2.19. The molecule has 0 saturated carbocycles. The van der Waals surface area contributed by atoms with E-state index in [-0.39, 0.29) is 22.0 Å². The summed E-state index contributed by atoms with van der Waals surface area (Å²) in [7, 11) is 0. The fraction of sp³-hybridized carbons (Fsp3) is 0.0556. The Bertz CT molecular complexity index is 1030. The molecule has 4 N–H and O–H groups in total. The van der Waals surface area contributed by atoms with Crippen molar-refractivity contribution in [1.29, 1.82) is 0 Å². The van der Waals surface area contributed by atoms with E-state index in [1.54, 1.807) is 24.3 Å². The van der Waals surface area contributed by atoms with E-state index in [0.29, 0.717) is 11.4 Å². The SMILES string of the molecule is Nc1ccnc(Oc2ccc(NC(=O)Nc3ccc(Br)c(C(F)(F)F)c3)cc2)n1. The van der Waals surface area contributed by atoms with Gasteiger partial charge in [-0.15, -0.1) is 0 Å². The van der Waals surface area contributed by atoms with Crippen LogP contribution >= 0.6 is 15.9 Å². The Morgan fingerprint density at radius 2 is 1.69 bits per heavy atom. The molecule has 7 nitrogen and oxygen atoms in total. The lowest BCUT2D eigenvalue weighted by atomic mass is 10.2. The molecule has 1 aromatic heterocycles. The van der Waals surface area contributed by atoms with Crippen molar-refractivity contribution < 1.29 is 22.7 Å². The maximum atomic E-state index is 12.9. The van der Waals surface area contributed by atoms with E-state index in [2.05, 4.69) is 36.5 Å². The molecule has 0 saturated heterocycles. The topological polar surface area (TPSA) is 102 Å². The first-order valence-corrected chi connectivity index (χ1v) is 8.81. The summed E-state index contributed by atoms with van der Waals surface area (Å²) in [5, 5.41) is 4.87. The van der Waals surface area contributed by atoms with Crippen LogP contribution in [-0.4, -0.2) is 16.0 Å². The van der Waals surface area contributed by atoms with Crippen LogP contribution in [0.3, 0.4) is 0 Å². The highest BCUT2D eigenvalue weighted by atomic mass is 79.9. The number of alkyl halides is 3. The number of benzene rings is 2. The minimum atomic E-state index is -4.55. The molecule has 0 spiro atoms. The Balaban J connectivity index is 1.62. The number of carbonyl (C=O) groups is 1. The van der Waals surface area contributed by atoms with Crippen molar-refractivity contribution in [1.82, 2.24) is 9.97 Å². The van der Waals surface area contributed by atoms with Gasteiger partial charge in [-0.1, -0.05) is 15.9 Å². The number of rotatable bonds is 4. The number of nitrogens with one attached hydrogen (secondary N) is 2. The number of hydrogen-bond donors (Lipinski definition) is 3. The summed E-state index contributed by atoms with van der Waals surface area (Å²) in [5.41, 5.74) is 5.05. The van der Waals surface area contributed by atoms with E-state index in [0.717, 1.165) is 6.07 Å². The van der Waals surface area contributed by atoms with Gasteiger partial charge in [0.2, 0.25) is 0 Å². The molecule has 0 atom stereocenters. The largest absolute Gasteiger partial charge is 0.424 e. The second-order valence-corrected chi connectivity index (χ2v) is 6.52. The van der Waals surface area contributed by atoms with Crippen molar-refractivity contribution in [3.63, 3.8) is 0 Å². The molecule has 2 aromatic carbocycles.